The van der Waals surface area contributed by atoms with Crippen molar-refractivity contribution in [3.63, 3.8) is 0 Å². The highest BCUT2D eigenvalue weighted by molar-refractivity contribution is 5.81. The fourth-order valence-corrected chi connectivity index (χ4v) is 5.13. The normalized spacial score (nSPS) is 28.1. The first-order chi connectivity index (χ1) is 11.6. The van der Waals surface area contributed by atoms with Gasteiger partial charge in [-0.25, -0.2) is 0 Å². The van der Waals surface area contributed by atoms with Gasteiger partial charge in [-0.1, -0.05) is 24.3 Å². The first-order valence-electron chi connectivity index (χ1n) is 9.19. The lowest BCUT2D eigenvalue weighted by molar-refractivity contribution is -0.141. The fourth-order valence-electron chi connectivity index (χ4n) is 5.13. The molecule has 24 heavy (non-hydrogen) atoms. The number of amides is 1. The van der Waals surface area contributed by atoms with Crippen LogP contribution in [0.5, 0.6) is 0 Å². The number of fused-ring (bicyclic) bond motifs is 2. The van der Waals surface area contributed by atoms with E-state index in [2.05, 4.69) is 24.3 Å². The van der Waals surface area contributed by atoms with Gasteiger partial charge < -0.3 is 10.0 Å². The average molecular weight is 327 g/mol. The minimum absolute atomic E-state index is 0.0731. The first kappa shape index (κ1) is 15.7. The van der Waals surface area contributed by atoms with Crippen LogP contribution in [0.4, 0.5) is 0 Å². The third kappa shape index (κ3) is 2.52. The number of hydrogen-bond acceptors (Lipinski definition) is 2. The number of piperidine rings is 1. The Morgan fingerprint density at radius 1 is 1.04 bits per heavy atom. The van der Waals surface area contributed by atoms with Gasteiger partial charge in [0.1, 0.15) is 0 Å². The van der Waals surface area contributed by atoms with E-state index in [4.69, 9.17) is 5.11 Å². The fraction of sp³-hybridized carbons (Fsp3) is 0.600. The maximum atomic E-state index is 12.8. The molecule has 0 unspecified atom stereocenters. The second-order valence-corrected chi connectivity index (χ2v) is 7.81. The third-order valence-electron chi connectivity index (χ3n) is 6.62. The zero-order chi connectivity index (χ0) is 16.7. The Morgan fingerprint density at radius 3 is 2.46 bits per heavy atom. The van der Waals surface area contributed by atoms with Gasteiger partial charge in [0.15, 0.2) is 0 Å². The van der Waals surface area contributed by atoms with Gasteiger partial charge in [-0.15, -0.1) is 0 Å². The molecule has 1 aliphatic heterocycles. The van der Waals surface area contributed by atoms with Crippen molar-refractivity contribution in [1.29, 1.82) is 0 Å². The van der Waals surface area contributed by atoms with Crippen molar-refractivity contribution in [1.82, 2.24) is 4.90 Å². The van der Waals surface area contributed by atoms with Gasteiger partial charge in [-0.2, -0.15) is 0 Å². The minimum atomic E-state index is -0.745. The summed E-state index contributed by atoms with van der Waals surface area (Å²) in [6.07, 6.45) is 6.37. The van der Waals surface area contributed by atoms with E-state index >= 15 is 0 Å². The first-order valence-corrected chi connectivity index (χ1v) is 9.19. The topological polar surface area (TPSA) is 57.6 Å². The summed E-state index contributed by atoms with van der Waals surface area (Å²) in [5.74, 6) is -0.946. The molecule has 1 spiro atoms. The SMILES string of the molecule is O=C(O)[C@@H]1CC[C@H](C(=O)N2CCC3(CCc4ccccc43)CC2)C1. The average Bonchev–Trinajstić information content (AvgIpc) is 3.22. The number of nitrogens with zero attached hydrogens (tertiary/aromatic N) is 1. The number of rotatable bonds is 2. The molecule has 0 aromatic heterocycles. The van der Waals surface area contributed by atoms with Gasteiger partial charge in [-0.05, 0) is 61.5 Å². The second-order valence-electron chi connectivity index (χ2n) is 7.81. The number of aliphatic carboxylic acids is 1. The molecule has 1 saturated carbocycles. The van der Waals surface area contributed by atoms with Crippen molar-refractivity contribution < 1.29 is 14.7 Å². The van der Waals surface area contributed by atoms with Gasteiger partial charge in [0.05, 0.1) is 5.92 Å². The number of carboxylic acid groups (broad SMARTS) is 1. The summed E-state index contributed by atoms with van der Waals surface area (Å²) >= 11 is 0. The third-order valence-corrected chi connectivity index (χ3v) is 6.62. The smallest absolute Gasteiger partial charge is 0.306 e. The number of aryl methyl sites for hydroxylation is 1. The monoisotopic (exact) mass is 327 g/mol. The molecule has 0 radical (unpaired) electrons. The minimum Gasteiger partial charge on any atom is -0.481 e. The Balaban J connectivity index is 1.40. The lowest BCUT2D eigenvalue weighted by Crippen LogP contribution is -2.46. The summed E-state index contributed by atoms with van der Waals surface area (Å²) in [7, 11) is 0. The molecule has 4 nitrogen and oxygen atoms in total. The molecule has 1 saturated heterocycles. The van der Waals surface area contributed by atoms with Crippen LogP contribution in [0, 0.1) is 11.8 Å². The van der Waals surface area contributed by atoms with Crippen molar-refractivity contribution in [2.75, 3.05) is 13.1 Å². The molecule has 1 aromatic carbocycles. The number of carboxylic acids is 1. The molecule has 4 heteroatoms. The van der Waals surface area contributed by atoms with E-state index in [0.29, 0.717) is 12.8 Å². The summed E-state index contributed by atoms with van der Waals surface area (Å²) in [6.45, 7) is 1.64. The van der Waals surface area contributed by atoms with Crippen LogP contribution >= 0.6 is 0 Å². The highest BCUT2D eigenvalue weighted by atomic mass is 16.4. The molecule has 2 aliphatic carbocycles. The van der Waals surface area contributed by atoms with Crippen LogP contribution in [0.2, 0.25) is 0 Å². The van der Waals surface area contributed by atoms with Gasteiger partial charge in [0, 0.05) is 19.0 Å². The van der Waals surface area contributed by atoms with Crippen LogP contribution in [-0.4, -0.2) is 35.0 Å². The molecule has 128 valence electrons. The molecule has 1 heterocycles. The van der Waals surface area contributed by atoms with Crippen molar-refractivity contribution in [2.45, 2.75) is 50.4 Å². The van der Waals surface area contributed by atoms with Crippen LogP contribution in [0.15, 0.2) is 24.3 Å². The van der Waals surface area contributed by atoms with Crippen molar-refractivity contribution in [2.24, 2.45) is 11.8 Å². The van der Waals surface area contributed by atoms with Crippen molar-refractivity contribution in [3.8, 4) is 0 Å². The van der Waals surface area contributed by atoms with Crippen molar-refractivity contribution in [3.05, 3.63) is 35.4 Å². The Labute approximate surface area is 142 Å². The van der Waals surface area contributed by atoms with E-state index in [9.17, 15) is 9.59 Å². The molecule has 2 fully saturated rings. The number of likely N-dealkylation sites (tertiary alicyclic amines) is 1. The number of carbonyl (C=O) groups excluding carboxylic acids is 1. The van der Waals surface area contributed by atoms with Crippen LogP contribution < -0.4 is 0 Å². The lowest BCUT2D eigenvalue weighted by atomic mass is 9.73. The summed E-state index contributed by atoms with van der Waals surface area (Å²) in [5.41, 5.74) is 3.26. The van der Waals surface area contributed by atoms with E-state index in [0.717, 1.165) is 38.8 Å². The number of hydrogen-bond donors (Lipinski definition) is 1. The van der Waals surface area contributed by atoms with Gasteiger partial charge in [-0.3, -0.25) is 9.59 Å². The molecule has 4 rings (SSSR count). The van der Waals surface area contributed by atoms with E-state index < -0.39 is 5.97 Å². The van der Waals surface area contributed by atoms with Gasteiger partial charge in [0.25, 0.3) is 0 Å². The molecular formula is C20H25NO3. The maximum Gasteiger partial charge on any atom is 0.306 e. The van der Waals surface area contributed by atoms with E-state index in [-0.39, 0.29) is 23.2 Å². The van der Waals surface area contributed by atoms with Crippen LogP contribution in [0.25, 0.3) is 0 Å². The van der Waals surface area contributed by atoms with E-state index in [1.807, 2.05) is 4.90 Å². The predicted molar refractivity (Wildman–Crippen MR) is 90.7 cm³/mol. The quantitative estimate of drug-likeness (QED) is 0.908. The molecular weight excluding hydrogens is 302 g/mol. The van der Waals surface area contributed by atoms with E-state index in [1.54, 1.807) is 0 Å². The largest absolute Gasteiger partial charge is 0.481 e. The molecule has 1 aromatic rings. The Bertz CT molecular complexity index is 661. The number of carbonyl (C=O) groups is 2. The molecule has 1 N–H and O–H groups in total. The van der Waals surface area contributed by atoms with Crippen molar-refractivity contribution >= 4 is 11.9 Å². The predicted octanol–water partition coefficient (Wildman–Crippen LogP) is 2.99. The molecule has 1 amide bonds. The summed E-state index contributed by atoms with van der Waals surface area (Å²) in [5, 5.41) is 9.13. The zero-order valence-corrected chi connectivity index (χ0v) is 14.0. The van der Waals surface area contributed by atoms with E-state index in [1.165, 1.54) is 17.5 Å². The van der Waals surface area contributed by atoms with Gasteiger partial charge in [0.2, 0.25) is 5.91 Å². The standard InChI is InChI=1S/C20H25NO3/c22-18(15-5-6-16(13-15)19(23)24)21-11-9-20(10-12-21)8-7-14-3-1-2-4-17(14)20/h1-4,15-16H,5-13H2,(H,23,24)/t15-,16+/m0/s1. The number of benzene rings is 1. The Morgan fingerprint density at radius 2 is 1.75 bits per heavy atom. The molecule has 2 atom stereocenters. The summed E-state index contributed by atoms with van der Waals surface area (Å²) in [4.78, 5) is 25.9. The highest BCUT2D eigenvalue weighted by Gasteiger charge is 2.43. The van der Waals surface area contributed by atoms with Crippen LogP contribution in [0.3, 0.4) is 0 Å². The summed E-state index contributed by atoms with van der Waals surface area (Å²) in [6, 6.07) is 8.77. The summed E-state index contributed by atoms with van der Waals surface area (Å²) < 4.78 is 0. The zero-order valence-electron chi connectivity index (χ0n) is 14.0. The van der Waals surface area contributed by atoms with Crippen LogP contribution in [-0.2, 0) is 21.4 Å². The second kappa shape index (κ2) is 5.91. The highest BCUT2D eigenvalue weighted by Crippen LogP contribution is 2.46. The maximum absolute atomic E-state index is 12.8. The lowest BCUT2D eigenvalue weighted by Gasteiger charge is -2.41. The Kier molecular flexibility index (Phi) is 3.86. The molecule has 3 aliphatic rings. The van der Waals surface area contributed by atoms with Crippen LogP contribution in [0.1, 0.15) is 49.7 Å². The Hall–Kier alpha value is -1.84. The van der Waals surface area contributed by atoms with Gasteiger partial charge >= 0.3 is 5.97 Å². The molecule has 0 bridgehead atoms.